The monoisotopic (exact) mass is 613 g/mol. The van der Waals surface area contributed by atoms with Crippen LogP contribution in [-0.4, -0.2) is 20.7 Å². The van der Waals surface area contributed by atoms with Gasteiger partial charge < -0.3 is 5.32 Å². The molecule has 0 unspecified atom stereocenters. The Hall–Kier alpha value is -3.11. The number of carbonyl (C=O) groups excluding carboxylic acids is 1. The van der Waals surface area contributed by atoms with Gasteiger partial charge in [-0.2, -0.15) is 13.2 Å². The molecule has 2 atom stereocenters. The molecule has 2 aromatic heterocycles. The Labute approximate surface area is 251 Å². The largest absolute Gasteiger partial charge is 0.416 e. The normalized spacial score (nSPS) is 16.3. The number of anilines is 1. The minimum atomic E-state index is -4.51. The molecular formula is C32H34F3N3O2S2. The third-order valence-corrected chi connectivity index (χ3v) is 10.7. The van der Waals surface area contributed by atoms with Crippen molar-refractivity contribution in [2.75, 3.05) is 5.32 Å². The van der Waals surface area contributed by atoms with Crippen molar-refractivity contribution in [2.45, 2.75) is 76.5 Å². The van der Waals surface area contributed by atoms with Crippen LogP contribution in [-0.2, 0) is 30.4 Å². The van der Waals surface area contributed by atoms with Gasteiger partial charge in [0.1, 0.15) is 4.83 Å². The molecule has 1 N–H and O–H groups in total. The maximum atomic E-state index is 14.1. The number of aromatic nitrogens is 2. The molecule has 222 valence electrons. The summed E-state index contributed by atoms with van der Waals surface area (Å²) in [5.41, 5.74) is 1.33. The van der Waals surface area contributed by atoms with Gasteiger partial charge in [-0.15, -0.1) is 11.3 Å². The number of halogens is 3. The summed E-state index contributed by atoms with van der Waals surface area (Å²) in [7, 11) is 0. The topological polar surface area (TPSA) is 64.0 Å². The highest BCUT2D eigenvalue weighted by molar-refractivity contribution is 8.00. The van der Waals surface area contributed by atoms with E-state index in [2.05, 4.69) is 26.1 Å². The molecule has 10 heteroatoms. The summed E-state index contributed by atoms with van der Waals surface area (Å²) in [4.78, 5) is 34.0. The maximum Gasteiger partial charge on any atom is 0.416 e. The third kappa shape index (κ3) is 6.29. The van der Waals surface area contributed by atoms with Gasteiger partial charge in [0.2, 0.25) is 5.91 Å². The summed E-state index contributed by atoms with van der Waals surface area (Å²) < 4.78 is 41.1. The van der Waals surface area contributed by atoms with Crippen LogP contribution in [0.15, 0.2) is 64.5 Å². The first-order valence-electron chi connectivity index (χ1n) is 14.1. The molecule has 2 aromatic carbocycles. The fraction of sp³-hybridized carbons (Fsp3) is 0.406. The Balaban J connectivity index is 1.49. The molecule has 4 aromatic rings. The number of nitrogens with one attached hydrogen (secondary N) is 1. The molecule has 0 saturated heterocycles. The van der Waals surface area contributed by atoms with Gasteiger partial charge in [0, 0.05) is 10.6 Å². The average molecular weight is 614 g/mol. The number of aryl methyl sites for hydroxylation is 1. The number of fused-ring (bicyclic) bond motifs is 3. The lowest BCUT2D eigenvalue weighted by atomic mass is 9.70. The van der Waals surface area contributed by atoms with Gasteiger partial charge in [0.05, 0.1) is 22.7 Å². The number of thioether (sulfide) groups is 1. The zero-order chi connectivity index (χ0) is 30.2. The molecule has 0 aliphatic heterocycles. The van der Waals surface area contributed by atoms with Crippen LogP contribution >= 0.6 is 23.1 Å². The van der Waals surface area contributed by atoms with Crippen molar-refractivity contribution in [1.29, 1.82) is 0 Å². The molecule has 0 saturated carbocycles. The highest BCUT2D eigenvalue weighted by atomic mass is 32.2. The summed E-state index contributed by atoms with van der Waals surface area (Å²) in [6, 6.07) is 14.2. The molecule has 0 fully saturated rings. The highest BCUT2D eigenvalue weighted by Gasteiger charge is 2.34. The number of alkyl halides is 3. The predicted molar refractivity (Wildman–Crippen MR) is 164 cm³/mol. The molecule has 0 bridgehead atoms. The van der Waals surface area contributed by atoms with Crippen LogP contribution in [0.4, 0.5) is 18.9 Å². The Morgan fingerprint density at radius 2 is 1.90 bits per heavy atom. The van der Waals surface area contributed by atoms with E-state index >= 15 is 0 Å². The van der Waals surface area contributed by atoms with E-state index in [4.69, 9.17) is 4.98 Å². The standard InChI is InChI=1S/C32H34F3N3O2S2/c1-5-31(3,4)21-14-15-24-25(17-21)42-28-26(24)29(40)38(18-20-10-7-6-8-11-20)30(37-28)41-19(2)27(39)36-23-13-9-12-22(16-23)32(33,34)35/h6-13,16,19,21H,5,14-15,17-18H2,1-4H3,(H,36,39)/t19-,21+/m1/s1. The van der Waals surface area contributed by atoms with Gasteiger partial charge in [-0.25, -0.2) is 4.98 Å². The minimum absolute atomic E-state index is 0.0582. The first kappa shape index (κ1) is 30.4. The quantitative estimate of drug-likeness (QED) is 0.161. The molecule has 0 radical (unpaired) electrons. The number of nitrogens with zero attached hydrogens (tertiary/aromatic N) is 2. The lowest BCUT2D eigenvalue weighted by molar-refractivity contribution is -0.137. The maximum absolute atomic E-state index is 14.1. The fourth-order valence-corrected chi connectivity index (χ4v) is 7.67. The molecular weight excluding hydrogens is 579 g/mol. The van der Waals surface area contributed by atoms with Crippen molar-refractivity contribution in [2.24, 2.45) is 11.3 Å². The van der Waals surface area contributed by atoms with E-state index < -0.39 is 22.9 Å². The zero-order valence-electron chi connectivity index (χ0n) is 24.0. The number of amides is 1. The van der Waals surface area contributed by atoms with Crippen molar-refractivity contribution in [1.82, 2.24) is 9.55 Å². The number of carbonyl (C=O) groups is 1. The summed E-state index contributed by atoms with van der Waals surface area (Å²) in [5.74, 6) is 0.0538. The lowest BCUT2D eigenvalue weighted by Crippen LogP contribution is -2.29. The summed E-state index contributed by atoms with van der Waals surface area (Å²) in [5, 5.41) is 2.94. The number of rotatable bonds is 8. The second-order valence-electron chi connectivity index (χ2n) is 11.6. The van der Waals surface area contributed by atoms with E-state index in [1.54, 1.807) is 22.8 Å². The van der Waals surface area contributed by atoms with Crippen molar-refractivity contribution >= 4 is 44.9 Å². The second kappa shape index (κ2) is 11.9. The highest BCUT2D eigenvalue weighted by Crippen LogP contribution is 2.44. The number of thiophene rings is 1. The van der Waals surface area contributed by atoms with Gasteiger partial charge >= 0.3 is 6.18 Å². The lowest BCUT2D eigenvalue weighted by Gasteiger charge is -2.36. The third-order valence-electron chi connectivity index (χ3n) is 8.44. The number of hydrogen-bond acceptors (Lipinski definition) is 5. The van der Waals surface area contributed by atoms with Crippen LogP contribution in [0.3, 0.4) is 0 Å². The second-order valence-corrected chi connectivity index (χ2v) is 14.0. The van der Waals surface area contributed by atoms with E-state index in [-0.39, 0.29) is 16.7 Å². The smallest absolute Gasteiger partial charge is 0.325 e. The zero-order valence-corrected chi connectivity index (χ0v) is 25.7. The van der Waals surface area contributed by atoms with Crippen LogP contribution < -0.4 is 10.9 Å². The molecule has 1 aliphatic carbocycles. The van der Waals surface area contributed by atoms with Crippen LogP contribution in [0.1, 0.15) is 62.1 Å². The minimum Gasteiger partial charge on any atom is -0.325 e. The molecule has 1 amide bonds. The van der Waals surface area contributed by atoms with Gasteiger partial charge in [-0.1, -0.05) is 75.4 Å². The average Bonchev–Trinajstić information content (AvgIpc) is 3.33. The van der Waals surface area contributed by atoms with E-state index in [1.165, 1.54) is 17.0 Å². The van der Waals surface area contributed by atoms with Crippen LogP contribution in [0.25, 0.3) is 10.2 Å². The van der Waals surface area contributed by atoms with Crippen LogP contribution in [0.2, 0.25) is 0 Å². The molecule has 1 aliphatic rings. The van der Waals surface area contributed by atoms with Gasteiger partial charge in [0.25, 0.3) is 5.56 Å². The van der Waals surface area contributed by atoms with Gasteiger partial charge in [0.15, 0.2) is 5.16 Å². The molecule has 0 spiro atoms. The SMILES string of the molecule is CCC(C)(C)[C@H]1CCc2c(sc3nc(S[C@H](C)C(=O)Nc4cccc(C(F)(F)F)c4)n(Cc4ccccc4)c(=O)c23)C1. The molecule has 5 nitrogen and oxygen atoms in total. The number of benzene rings is 2. The van der Waals surface area contributed by atoms with E-state index in [0.717, 1.165) is 60.7 Å². The Morgan fingerprint density at radius 1 is 1.17 bits per heavy atom. The van der Waals surface area contributed by atoms with E-state index in [9.17, 15) is 22.8 Å². The van der Waals surface area contributed by atoms with E-state index in [0.29, 0.717) is 27.8 Å². The van der Waals surface area contributed by atoms with Crippen molar-refractivity contribution in [3.8, 4) is 0 Å². The van der Waals surface area contributed by atoms with Gasteiger partial charge in [-0.3, -0.25) is 14.2 Å². The van der Waals surface area contributed by atoms with Crippen molar-refractivity contribution in [3.63, 3.8) is 0 Å². The Bertz CT molecular complexity index is 1660. The first-order chi connectivity index (χ1) is 19.9. The first-order valence-corrected chi connectivity index (χ1v) is 15.8. The fourth-order valence-electron chi connectivity index (χ4n) is 5.42. The summed E-state index contributed by atoms with van der Waals surface area (Å²) in [6.45, 7) is 8.79. The molecule has 5 rings (SSSR count). The molecule has 42 heavy (non-hydrogen) atoms. The summed E-state index contributed by atoms with van der Waals surface area (Å²) in [6.07, 6.45) is -0.635. The Morgan fingerprint density at radius 3 is 2.60 bits per heavy atom. The Kier molecular flexibility index (Phi) is 8.58. The van der Waals surface area contributed by atoms with Crippen molar-refractivity contribution < 1.29 is 18.0 Å². The predicted octanol–water partition coefficient (Wildman–Crippen LogP) is 8.19. The summed E-state index contributed by atoms with van der Waals surface area (Å²) >= 11 is 2.70. The van der Waals surface area contributed by atoms with Crippen LogP contribution in [0.5, 0.6) is 0 Å². The molecule has 2 heterocycles. The number of hydrogen-bond donors (Lipinski definition) is 1. The van der Waals surface area contributed by atoms with Crippen molar-refractivity contribution in [3.05, 3.63) is 86.5 Å². The van der Waals surface area contributed by atoms with Crippen LogP contribution in [0, 0.1) is 11.3 Å². The van der Waals surface area contributed by atoms with E-state index in [1.807, 2.05) is 30.3 Å². The van der Waals surface area contributed by atoms with Gasteiger partial charge in [-0.05, 0) is 66.8 Å².